The van der Waals surface area contributed by atoms with Gasteiger partial charge in [-0.15, -0.1) is 11.8 Å². The first-order valence-electron chi connectivity index (χ1n) is 14.4. The van der Waals surface area contributed by atoms with E-state index in [0.29, 0.717) is 26.3 Å². The summed E-state index contributed by atoms with van der Waals surface area (Å²) in [6, 6.07) is 24.7. The summed E-state index contributed by atoms with van der Waals surface area (Å²) in [7, 11) is 1.63. The third-order valence-electron chi connectivity index (χ3n) is 7.43. The maximum absolute atomic E-state index is 14.3. The molecule has 0 aliphatic carbocycles. The van der Waals surface area contributed by atoms with Gasteiger partial charge in [-0.25, -0.2) is 14.5 Å². The Hall–Kier alpha value is -4.67. The van der Waals surface area contributed by atoms with Crippen molar-refractivity contribution in [2.45, 2.75) is 37.8 Å². The Bertz CT molecular complexity index is 2070. The van der Waals surface area contributed by atoms with Crippen molar-refractivity contribution >= 4 is 35.1 Å². The fraction of sp³-hybridized carbons (Fsp3) is 0.200. The van der Waals surface area contributed by atoms with Gasteiger partial charge in [0, 0.05) is 22.2 Å². The minimum Gasteiger partial charge on any atom is -0.497 e. The van der Waals surface area contributed by atoms with Crippen LogP contribution in [-0.2, 0) is 9.53 Å². The van der Waals surface area contributed by atoms with Crippen molar-refractivity contribution in [1.82, 2.24) is 14.3 Å². The molecule has 2 aromatic heterocycles. The molecule has 8 nitrogen and oxygen atoms in total. The largest absolute Gasteiger partial charge is 0.497 e. The lowest BCUT2D eigenvalue weighted by Crippen LogP contribution is -2.40. The van der Waals surface area contributed by atoms with Gasteiger partial charge in [0.05, 0.1) is 40.7 Å². The molecule has 228 valence electrons. The van der Waals surface area contributed by atoms with E-state index in [2.05, 4.69) is 0 Å². The molecule has 0 fully saturated rings. The summed E-state index contributed by atoms with van der Waals surface area (Å²) in [5.41, 5.74) is 4.71. The molecule has 0 N–H and O–H groups in total. The number of aromatic nitrogens is 3. The van der Waals surface area contributed by atoms with E-state index in [-0.39, 0.29) is 11.7 Å². The lowest BCUT2D eigenvalue weighted by Gasteiger charge is -2.25. The normalized spacial score (nSPS) is 14.8. The number of nitrogens with zero attached hydrogens (tertiary/aromatic N) is 4. The van der Waals surface area contributed by atoms with E-state index >= 15 is 0 Å². The number of allylic oxidation sites excluding steroid dienone is 1. The van der Waals surface area contributed by atoms with Crippen molar-refractivity contribution in [3.05, 3.63) is 127 Å². The van der Waals surface area contributed by atoms with E-state index in [1.807, 2.05) is 102 Å². The summed E-state index contributed by atoms with van der Waals surface area (Å²) in [5.74, 6) is 0.259. The summed E-state index contributed by atoms with van der Waals surface area (Å²) in [5, 5.41) is 4.91. The third-order valence-corrected chi connectivity index (χ3v) is 9.16. The number of esters is 1. The molecular weight excluding hydrogens is 605 g/mol. The molecule has 5 aromatic rings. The Morgan fingerprint density at radius 1 is 1.02 bits per heavy atom. The number of rotatable bonds is 8. The molecule has 3 aromatic carbocycles. The Balaban J connectivity index is 1.54. The molecule has 1 atom stereocenters. The minimum absolute atomic E-state index is 0.242. The van der Waals surface area contributed by atoms with Crippen molar-refractivity contribution in [2.24, 2.45) is 4.99 Å². The van der Waals surface area contributed by atoms with Gasteiger partial charge in [-0.1, -0.05) is 41.7 Å². The average molecular weight is 637 g/mol. The molecule has 6 rings (SSSR count). The second-order valence-corrected chi connectivity index (χ2v) is 12.6. The number of fused-ring (bicyclic) bond motifs is 1. The van der Waals surface area contributed by atoms with Crippen molar-refractivity contribution in [1.29, 1.82) is 0 Å². The standard InChI is InChI=1S/C35H32N4O4S2/c1-21(2)43-34(41)30-22(3)36-35-39(32(30)24-13-17-28(44-5)18-14-24)33(40)29(45-35)19-25-20-38(26-9-7-6-8-10-26)37-31(25)23-11-15-27(42-4)16-12-23/h6-21,32H,1-5H3. The SMILES string of the molecule is COc1ccc(-c2nn(-c3ccccc3)cc2C=c2sc3n(c2=O)C(c2ccc(SC)cc2)C(C(=O)OC(C)C)=C(C)N=3)cc1. The fourth-order valence-corrected chi connectivity index (χ4v) is 6.73. The minimum atomic E-state index is -0.682. The number of ether oxygens (including phenoxy) is 2. The molecule has 10 heteroatoms. The third kappa shape index (κ3) is 6.03. The monoisotopic (exact) mass is 636 g/mol. The van der Waals surface area contributed by atoms with Crippen molar-refractivity contribution in [3.8, 4) is 22.7 Å². The lowest BCUT2D eigenvalue weighted by molar-refractivity contribution is -0.143. The molecule has 0 radical (unpaired) electrons. The van der Waals surface area contributed by atoms with Gasteiger partial charge in [0.1, 0.15) is 11.4 Å². The maximum Gasteiger partial charge on any atom is 0.338 e. The fourth-order valence-electron chi connectivity index (χ4n) is 5.28. The Labute approximate surface area is 269 Å². The molecule has 1 aliphatic heterocycles. The number of hydrogen-bond acceptors (Lipinski definition) is 8. The van der Waals surface area contributed by atoms with Gasteiger partial charge in [0.15, 0.2) is 4.80 Å². The molecule has 45 heavy (non-hydrogen) atoms. The van der Waals surface area contributed by atoms with E-state index in [4.69, 9.17) is 19.6 Å². The van der Waals surface area contributed by atoms with E-state index < -0.39 is 12.0 Å². The predicted molar refractivity (Wildman–Crippen MR) is 179 cm³/mol. The second kappa shape index (κ2) is 12.7. The van der Waals surface area contributed by atoms with Gasteiger partial charge in [0.25, 0.3) is 5.56 Å². The van der Waals surface area contributed by atoms with Gasteiger partial charge in [-0.2, -0.15) is 5.10 Å². The highest BCUT2D eigenvalue weighted by atomic mass is 32.2. The molecule has 3 heterocycles. The zero-order valence-electron chi connectivity index (χ0n) is 25.6. The zero-order chi connectivity index (χ0) is 31.7. The highest BCUT2D eigenvalue weighted by Gasteiger charge is 2.34. The maximum atomic E-state index is 14.3. The molecule has 0 bridgehead atoms. The Kier molecular flexibility index (Phi) is 8.60. The number of thioether (sulfide) groups is 1. The van der Waals surface area contributed by atoms with Crippen LogP contribution in [0.1, 0.15) is 37.9 Å². The van der Waals surface area contributed by atoms with Crippen molar-refractivity contribution in [3.63, 3.8) is 0 Å². The first kappa shape index (κ1) is 30.4. The van der Waals surface area contributed by atoms with Crippen LogP contribution < -0.4 is 19.6 Å². The molecule has 1 aliphatic rings. The highest BCUT2D eigenvalue weighted by molar-refractivity contribution is 7.98. The molecule has 1 unspecified atom stereocenters. The summed E-state index contributed by atoms with van der Waals surface area (Å²) >= 11 is 2.92. The van der Waals surface area contributed by atoms with Crippen molar-refractivity contribution < 1.29 is 14.3 Å². The smallest absolute Gasteiger partial charge is 0.338 e. The van der Waals surface area contributed by atoms with E-state index in [1.165, 1.54) is 11.3 Å². The molecule has 0 amide bonds. The number of para-hydroxylation sites is 1. The van der Waals surface area contributed by atoms with Crippen LogP contribution in [0.15, 0.2) is 111 Å². The predicted octanol–water partition coefficient (Wildman–Crippen LogP) is 5.77. The van der Waals surface area contributed by atoms with Crippen LogP contribution in [0.3, 0.4) is 0 Å². The molecule has 0 saturated heterocycles. The van der Waals surface area contributed by atoms with Crippen LogP contribution in [0.25, 0.3) is 23.0 Å². The molecular formula is C35H32N4O4S2. The van der Waals surface area contributed by atoms with Crippen LogP contribution >= 0.6 is 23.1 Å². The van der Waals surface area contributed by atoms with Crippen molar-refractivity contribution in [2.75, 3.05) is 13.4 Å². The van der Waals surface area contributed by atoms with E-state index in [1.54, 1.807) is 44.2 Å². The molecule has 0 saturated carbocycles. The summed E-state index contributed by atoms with van der Waals surface area (Å²) < 4.78 is 14.9. The number of hydrogen-bond donors (Lipinski definition) is 0. The zero-order valence-corrected chi connectivity index (χ0v) is 27.2. The van der Waals surface area contributed by atoms with Crippen LogP contribution in [0.2, 0.25) is 0 Å². The van der Waals surface area contributed by atoms with Crippen LogP contribution in [0, 0.1) is 0 Å². The number of benzene rings is 3. The first-order valence-corrected chi connectivity index (χ1v) is 16.5. The first-order chi connectivity index (χ1) is 21.8. The van der Waals surface area contributed by atoms with Crippen LogP contribution in [0.4, 0.5) is 0 Å². The summed E-state index contributed by atoms with van der Waals surface area (Å²) in [4.78, 5) is 34.1. The van der Waals surface area contributed by atoms with Gasteiger partial charge >= 0.3 is 5.97 Å². The quantitative estimate of drug-likeness (QED) is 0.159. The number of methoxy groups -OCH3 is 1. The average Bonchev–Trinajstić information content (AvgIpc) is 3.61. The van der Waals surface area contributed by atoms with Crippen LogP contribution in [-0.4, -0.2) is 39.8 Å². The van der Waals surface area contributed by atoms with Gasteiger partial charge in [-0.3, -0.25) is 9.36 Å². The number of carbonyl (C=O) groups is 1. The number of carbonyl (C=O) groups excluding carboxylic acids is 1. The lowest BCUT2D eigenvalue weighted by atomic mass is 9.96. The highest BCUT2D eigenvalue weighted by Crippen LogP contribution is 2.32. The van der Waals surface area contributed by atoms with Gasteiger partial charge in [0.2, 0.25) is 0 Å². The number of thiazole rings is 1. The molecule has 0 spiro atoms. The van der Waals surface area contributed by atoms with E-state index in [9.17, 15) is 9.59 Å². The second-order valence-electron chi connectivity index (χ2n) is 10.8. The Morgan fingerprint density at radius 3 is 2.38 bits per heavy atom. The summed E-state index contributed by atoms with van der Waals surface area (Å²) in [6.07, 6.45) is 5.46. The van der Waals surface area contributed by atoms with Gasteiger partial charge in [-0.05, 0) is 87.2 Å². The topological polar surface area (TPSA) is 87.7 Å². The van der Waals surface area contributed by atoms with E-state index in [0.717, 1.165) is 33.0 Å². The summed E-state index contributed by atoms with van der Waals surface area (Å²) in [6.45, 7) is 5.41. The van der Waals surface area contributed by atoms with Gasteiger partial charge < -0.3 is 9.47 Å². The Morgan fingerprint density at radius 2 is 1.73 bits per heavy atom. The van der Waals surface area contributed by atoms with Crippen LogP contribution in [0.5, 0.6) is 5.75 Å².